The van der Waals surface area contributed by atoms with Gasteiger partial charge in [-0.3, -0.25) is 4.57 Å². The molecular formula is C12H12N8S. The molecule has 8 nitrogen and oxygen atoms in total. The molecule has 0 fully saturated rings. The molecule has 0 amide bonds. The van der Waals surface area contributed by atoms with Crippen molar-refractivity contribution in [3.63, 3.8) is 0 Å². The number of anilines is 1. The molecule has 3 rings (SSSR count). The summed E-state index contributed by atoms with van der Waals surface area (Å²) in [7, 11) is 1.75. The van der Waals surface area contributed by atoms with Gasteiger partial charge in [-0.05, 0) is 24.8 Å². The summed E-state index contributed by atoms with van der Waals surface area (Å²) in [5, 5.41) is 4.03. The minimum Gasteiger partial charge on any atom is -0.357 e. The number of nitrogens with zero attached hydrogens (tertiary/aromatic N) is 7. The van der Waals surface area contributed by atoms with E-state index in [4.69, 9.17) is 0 Å². The van der Waals surface area contributed by atoms with Crippen LogP contribution in [0.5, 0.6) is 0 Å². The molecule has 106 valence electrons. The topological polar surface area (TPSA) is 94.3 Å². The van der Waals surface area contributed by atoms with E-state index >= 15 is 0 Å². The molecule has 0 bridgehead atoms. The Labute approximate surface area is 125 Å². The van der Waals surface area contributed by atoms with Crippen molar-refractivity contribution in [3.05, 3.63) is 36.7 Å². The Kier molecular flexibility index (Phi) is 3.73. The number of rotatable bonds is 4. The maximum absolute atomic E-state index is 4.39. The first-order valence-electron chi connectivity index (χ1n) is 6.14. The van der Waals surface area contributed by atoms with Gasteiger partial charge in [0.05, 0.1) is 0 Å². The summed E-state index contributed by atoms with van der Waals surface area (Å²) in [5.41, 5.74) is 0.894. The summed E-state index contributed by atoms with van der Waals surface area (Å²) >= 11 is 1.28. The summed E-state index contributed by atoms with van der Waals surface area (Å²) in [6.45, 7) is 1.91. The number of hydrogen-bond acceptors (Lipinski definition) is 8. The van der Waals surface area contributed by atoms with Crippen LogP contribution in [0.4, 0.5) is 5.95 Å². The molecule has 0 unspecified atom stereocenters. The third kappa shape index (κ3) is 3.14. The van der Waals surface area contributed by atoms with Crippen molar-refractivity contribution in [2.75, 3.05) is 12.4 Å². The van der Waals surface area contributed by atoms with Gasteiger partial charge in [-0.25, -0.2) is 15.0 Å². The van der Waals surface area contributed by atoms with Crippen LogP contribution in [-0.2, 0) is 0 Å². The standard InChI is InChI=1S/C12H12N8S/c1-8-3-4-15-11(16-8)21-12-18-9(13-2)17-10(19-12)20-6-5-14-7-20/h3-7H,1-2H3,(H,13,17,18,19). The second-order valence-corrected chi connectivity index (χ2v) is 4.98. The average Bonchev–Trinajstić information content (AvgIpc) is 3.01. The quantitative estimate of drug-likeness (QED) is 0.721. The van der Waals surface area contributed by atoms with Gasteiger partial charge in [0.2, 0.25) is 17.1 Å². The highest BCUT2D eigenvalue weighted by Gasteiger charge is 2.10. The number of imidazole rings is 1. The highest BCUT2D eigenvalue weighted by molar-refractivity contribution is 7.99. The second kappa shape index (κ2) is 5.83. The lowest BCUT2D eigenvalue weighted by atomic mass is 10.5. The Morgan fingerprint density at radius 1 is 1.10 bits per heavy atom. The molecule has 0 saturated carbocycles. The van der Waals surface area contributed by atoms with Crippen molar-refractivity contribution in [2.45, 2.75) is 17.2 Å². The zero-order chi connectivity index (χ0) is 14.7. The first-order valence-corrected chi connectivity index (χ1v) is 6.96. The number of hydrogen-bond donors (Lipinski definition) is 1. The number of aryl methyl sites for hydroxylation is 1. The van der Waals surface area contributed by atoms with Gasteiger partial charge in [0.25, 0.3) is 0 Å². The van der Waals surface area contributed by atoms with Gasteiger partial charge in [-0.1, -0.05) is 0 Å². The lowest BCUT2D eigenvalue weighted by Gasteiger charge is -2.06. The molecule has 21 heavy (non-hydrogen) atoms. The first kappa shape index (κ1) is 13.4. The highest BCUT2D eigenvalue weighted by Crippen LogP contribution is 2.22. The van der Waals surface area contributed by atoms with Crippen LogP contribution in [-0.4, -0.2) is 41.5 Å². The molecule has 0 saturated heterocycles. The third-order valence-corrected chi connectivity index (χ3v) is 3.26. The molecule has 3 aromatic heterocycles. The van der Waals surface area contributed by atoms with E-state index in [-0.39, 0.29) is 0 Å². The summed E-state index contributed by atoms with van der Waals surface area (Å²) in [4.78, 5) is 25.5. The van der Waals surface area contributed by atoms with Crippen molar-refractivity contribution < 1.29 is 0 Å². The van der Waals surface area contributed by atoms with Crippen LogP contribution in [0.3, 0.4) is 0 Å². The van der Waals surface area contributed by atoms with Crippen LogP contribution in [0.15, 0.2) is 41.3 Å². The molecule has 1 N–H and O–H groups in total. The normalized spacial score (nSPS) is 10.6. The van der Waals surface area contributed by atoms with Crippen LogP contribution in [0, 0.1) is 6.92 Å². The molecule has 3 heterocycles. The van der Waals surface area contributed by atoms with Crippen molar-refractivity contribution in [1.82, 2.24) is 34.5 Å². The van der Waals surface area contributed by atoms with E-state index in [1.807, 2.05) is 13.0 Å². The van der Waals surface area contributed by atoms with Gasteiger partial charge >= 0.3 is 0 Å². The second-order valence-electron chi connectivity index (χ2n) is 4.04. The van der Waals surface area contributed by atoms with E-state index in [1.165, 1.54) is 11.8 Å². The van der Waals surface area contributed by atoms with Crippen molar-refractivity contribution >= 4 is 17.7 Å². The van der Waals surface area contributed by atoms with Crippen LogP contribution < -0.4 is 5.32 Å². The smallest absolute Gasteiger partial charge is 0.240 e. The summed E-state index contributed by atoms with van der Waals surface area (Å²) in [5.74, 6) is 0.964. The summed E-state index contributed by atoms with van der Waals surface area (Å²) in [6, 6.07) is 1.84. The Balaban J connectivity index is 1.96. The van der Waals surface area contributed by atoms with Crippen molar-refractivity contribution in [1.29, 1.82) is 0 Å². The molecule has 0 aliphatic carbocycles. The Bertz CT molecular complexity index is 743. The Morgan fingerprint density at radius 3 is 2.71 bits per heavy atom. The van der Waals surface area contributed by atoms with E-state index in [0.29, 0.717) is 22.2 Å². The minimum atomic E-state index is 0.476. The summed E-state index contributed by atoms with van der Waals surface area (Å²) < 4.78 is 1.71. The van der Waals surface area contributed by atoms with E-state index in [9.17, 15) is 0 Å². The monoisotopic (exact) mass is 300 g/mol. The number of aromatic nitrogens is 7. The number of nitrogens with one attached hydrogen (secondary N) is 1. The molecule has 0 aliphatic heterocycles. The summed E-state index contributed by atoms with van der Waals surface area (Å²) in [6.07, 6.45) is 6.78. The van der Waals surface area contributed by atoms with Crippen molar-refractivity contribution in [3.8, 4) is 5.95 Å². The highest BCUT2D eigenvalue weighted by atomic mass is 32.2. The van der Waals surface area contributed by atoms with E-state index in [0.717, 1.165) is 5.69 Å². The van der Waals surface area contributed by atoms with Crippen LogP contribution in [0.2, 0.25) is 0 Å². The lowest BCUT2D eigenvalue weighted by Crippen LogP contribution is -2.06. The maximum atomic E-state index is 4.39. The molecule has 0 radical (unpaired) electrons. The SMILES string of the molecule is CNc1nc(Sc2nccc(C)n2)nc(-n2ccnc2)n1. The molecule has 0 atom stereocenters. The fraction of sp³-hybridized carbons (Fsp3) is 0.167. The van der Waals surface area contributed by atoms with Gasteiger partial charge < -0.3 is 5.32 Å². The first-order chi connectivity index (χ1) is 10.2. The predicted molar refractivity (Wildman–Crippen MR) is 77.4 cm³/mol. The molecule has 0 spiro atoms. The molecular weight excluding hydrogens is 288 g/mol. The van der Waals surface area contributed by atoms with Crippen LogP contribution in [0.25, 0.3) is 5.95 Å². The fourth-order valence-electron chi connectivity index (χ4n) is 1.55. The van der Waals surface area contributed by atoms with Crippen LogP contribution >= 0.6 is 11.8 Å². The van der Waals surface area contributed by atoms with Gasteiger partial charge in [-0.15, -0.1) is 0 Å². The maximum Gasteiger partial charge on any atom is 0.240 e. The zero-order valence-electron chi connectivity index (χ0n) is 11.4. The van der Waals surface area contributed by atoms with E-state index in [1.54, 1.807) is 36.5 Å². The van der Waals surface area contributed by atoms with Gasteiger partial charge in [0, 0.05) is 31.3 Å². The molecule has 9 heteroatoms. The third-order valence-electron chi connectivity index (χ3n) is 2.52. The lowest BCUT2D eigenvalue weighted by molar-refractivity contribution is 0.822. The fourth-order valence-corrected chi connectivity index (χ4v) is 2.28. The molecule has 3 aromatic rings. The Hall–Kier alpha value is -2.55. The molecule has 0 aromatic carbocycles. The van der Waals surface area contributed by atoms with E-state index in [2.05, 4.69) is 35.2 Å². The van der Waals surface area contributed by atoms with Gasteiger partial charge in [-0.2, -0.15) is 15.0 Å². The average molecular weight is 300 g/mol. The Morgan fingerprint density at radius 2 is 2.00 bits per heavy atom. The van der Waals surface area contributed by atoms with Gasteiger partial charge in [0.15, 0.2) is 5.16 Å². The zero-order valence-corrected chi connectivity index (χ0v) is 12.2. The minimum absolute atomic E-state index is 0.476. The largest absolute Gasteiger partial charge is 0.357 e. The predicted octanol–water partition coefficient (Wildman–Crippen LogP) is 1.35. The van der Waals surface area contributed by atoms with E-state index < -0.39 is 0 Å². The van der Waals surface area contributed by atoms with Crippen LogP contribution in [0.1, 0.15) is 5.69 Å². The molecule has 0 aliphatic rings. The van der Waals surface area contributed by atoms with Crippen molar-refractivity contribution in [2.24, 2.45) is 0 Å². The van der Waals surface area contributed by atoms with Gasteiger partial charge in [0.1, 0.15) is 6.33 Å².